The van der Waals surface area contributed by atoms with Crippen LogP contribution in [0.3, 0.4) is 0 Å². The second kappa shape index (κ2) is 9.60. The van der Waals surface area contributed by atoms with E-state index in [0.717, 1.165) is 5.56 Å². The van der Waals surface area contributed by atoms with Gasteiger partial charge in [0.25, 0.3) is 0 Å². The Morgan fingerprint density at radius 2 is 1.81 bits per heavy atom. The largest absolute Gasteiger partial charge is 0.394 e. The minimum atomic E-state index is -2.76. The molecule has 1 aromatic heterocycles. The van der Waals surface area contributed by atoms with Crippen molar-refractivity contribution in [3.05, 3.63) is 71.4 Å². The topological polar surface area (TPSA) is 111 Å². The number of nitrogens with one attached hydrogen (secondary N) is 3. The summed E-state index contributed by atoms with van der Waals surface area (Å²) in [5, 5.41) is 15.7. The van der Waals surface area contributed by atoms with E-state index in [0.29, 0.717) is 27.9 Å². The molecular formula is C23H25N5O2S. The summed E-state index contributed by atoms with van der Waals surface area (Å²) in [6.45, 7) is 3.81. The zero-order chi connectivity index (χ0) is 22.4. The number of nitrogens with zero attached hydrogens (tertiary/aromatic N) is 2. The van der Waals surface area contributed by atoms with Gasteiger partial charge in [0.2, 0.25) is 5.95 Å². The maximum atomic E-state index is 11.8. The number of rotatable bonds is 6. The fraction of sp³-hybridized carbons (Fsp3) is 0.217. The Morgan fingerprint density at radius 1 is 1.13 bits per heavy atom. The molecule has 4 N–H and O–H groups in total. The van der Waals surface area contributed by atoms with Gasteiger partial charge in [0.15, 0.2) is 0 Å². The van der Waals surface area contributed by atoms with E-state index >= 15 is 0 Å². The first-order valence-corrected chi connectivity index (χ1v) is 11.7. The zero-order valence-corrected chi connectivity index (χ0v) is 18.5. The van der Waals surface area contributed by atoms with E-state index in [4.69, 9.17) is 4.78 Å². The first kappa shape index (κ1) is 22.3. The summed E-state index contributed by atoms with van der Waals surface area (Å²) in [4.78, 5) is 9.32. The summed E-state index contributed by atoms with van der Waals surface area (Å²) in [5.74, 6) is 7.07. The van der Waals surface area contributed by atoms with Crippen molar-refractivity contribution in [3.8, 4) is 11.8 Å². The number of benzene rings is 2. The van der Waals surface area contributed by atoms with Gasteiger partial charge in [-0.25, -0.2) is 14.0 Å². The Kier molecular flexibility index (Phi) is 6.90. The predicted molar refractivity (Wildman–Crippen MR) is 124 cm³/mol. The van der Waals surface area contributed by atoms with Crippen LogP contribution >= 0.6 is 0 Å². The minimum absolute atomic E-state index is 0.0531. The van der Waals surface area contributed by atoms with Crippen molar-refractivity contribution in [3.63, 3.8) is 0 Å². The molecular weight excluding hydrogens is 410 g/mol. The Morgan fingerprint density at radius 3 is 2.42 bits per heavy atom. The second-order valence-corrected chi connectivity index (χ2v) is 9.45. The van der Waals surface area contributed by atoms with Gasteiger partial charge in [0.1, 0.15) is 5.82 Å². The molecule has 0 aliphatic carbocycles. The molecule has 7 nitrogen and oxygen atoms in total. The number of aryl methyl sites for hydroxylation is 1. The Bertz CT molecular complexity index is 1210. The van der Waals surface area contributed by atoms with Gasteiger partial charge >= 0.3 is 0 Å². The second-order valence-electron chi connectivity index (χ2n) is 7.29. The predicted octanol–water partition coefficient (Wildman–Crippen LogP) is 3.76. The highest BCUT2D eigenvalue weighted by atomic mass is 32.2. The number of aliphatic hydroxyl groups is 1. The van der Waals surface area contributed by atoms with Gasteiger partial charge in [-0.05, 0) is 50.2 Å². The summed E-state index contributed by atoms with van der Waals surface area (Å²) in [5.41, 5.74) is 3.37. The Hall–Kier alpha value is -3.41. The lowest BCUT2D eigenvalue weighted by Crippen LogP contribution is -2.21. The number of hydrogen-bond donors (Lipinski definition) is 4. The molecule has 0 spiro atoms. The molecule has 1 unspecified atom stereocenters. The summed E-state index contributed by atoms with van der Waals surface area (Å²) in [6.07, 6.45) is 3.01. The van der Waals surface area contributed by atoms with Crippen LogP contribution in [0.15, 0.2) is 59.6 Å². The molecule has 0 aliphatic heterocycles. The van der Waals surface area contributed by atoms with Crippen LogP contribution in [-0.2, 0) is 9.73 Å². The van der Waals surface area contributed by atoms with E-state index in [1.807, 2.05) is 38.1 Å². The molecule has 0 amide bonds. The number of hydrogen-bond acceptors (Lipinski definition) is 7. The van der Waals surface area contributed by atoms with Crippen LogP contribution < -0.4 is 10.6 Å². The first-order valence-electron chi connectivity index (χ1n) is 9.68. The smallest absolute Gasteiger partial charge is 0.229 e. The molecule has 0 bridgehead atoms. The van der Waals surface area contributed by atoms with Gasteiger partial charge < -0.3 is 15.7 Å². The fourth-order valence-corrected chi connectivity index (χ4v) is 3.28. The van der Waals surface area contributed by atoms with Crippen LogP contribution in [-0.4, -0.2) is 38.2 Å². The van der Waals surface area contributed by atoms with Crippen LogP contribution in [0.25, 0.3) is 0 Å². The van der Waals surface area contributed by atoms with Crippen molar-refractivity contribution in [2.75, 3.05) is 23.5 Å². The van der Waals surface area contributed by atoms with Crippen LogP contribution in [0.2, 0.25) is 0 Å². The van der Waals surface area contributed by atoms with Crippen molar-refractivity contribution in [2.24, 2.45) is 0 Å². The highest BCUT2D eigenvalue weighted by Crippen LogP contribution is 2.20. The molecule has 0 fully saturated rings. The molecule has 3 aromatic rings. The zero-order valence-electron chi connectivity index (χ0n) is 17.6. The van der Waals surface area contributed by atoms with Gasteiger partial charge in [-0.15, -0.1) is 0 Å². The van der Waals surface area contributed by atoms with Gasteiger partial charge in [0, 0.05) is 28.4 Å². The maximum absolute atomic E-state index is 11.8. The molecule has 2 aromatic carbocycles. The van der Waals surface area contributed by atoms with Crippen molar-refractivity contribution in [1.82, 2.24) is 9.97 Å². The van der Waals surface area contributed by atoms with Gasteiger partial charge in [-0.3, -0.25) is 0 Å². The van der Waals surface area contributed by atoms with E-state index in [2.05, 4.69) is 32.4 Å². The summed E-state index contributed by atoms with van der Waals surface area (Å²) >= 11 is 0. The Labute approximate surface area is 183 Å². The van der Waals surface area contributed by atoms with Crippen LogP contribution in [0.4, 0.5) is 17.5 Å². The van der Waals surface area contributed by atoms with Gasteiger partial charge in [0.05, 0.1) is 28.1 Å². The lowest BCUT2D eigenvalue weighted by Gasteiger charge is -2.14. The van der Waals surface area contributed by atoms with Crippen LogP contribution in [0, 0.1) is 23.5 Å². The SMILES string of the molecule is Cc1ccc(C#Cc2cnc(Nc3ccc(S(C)(=N)=O)cc3)nc2N[C@H](C)CO)cc1. The fourth-order valence-electron chi connectivity index (χ4n) is 2.63. The molecule has 160 valence electrons. The van der Waals surface area contributed by atoms with Crippen molar-refractivity contribution < 1.29 is 9.32 Å². The molecule has 0 saturated heterocycles. The molecule has 8 heteroatoms. The molecule has 0 aliphatic rings. The molecule has 0 saturated carbocycles. The van der Waals surface area contributed by atoms with E-state index in [1.54, 1.807) is 30.5 Å². The van der Waals surface area contributed by atoms with E-state index in [-0.39, 0.29) is 12.6 Å². The molecule has 2 atom stereocenters. The molecule has 0 radical (unpaired) electrons. The highest BCUT2D eigenvalue weighted by Gasteiger charge is 2.10. The van der Waals surface area contributed by atoms with Crippen LogP contribution in [0.1, 0.15) is 23.6 Å². The van der Waals surface area contributed by atoms with E-state index in [1.165, 1.54) is 11.8 Å². The lowest BCUT2D eigenvalue weighted by atomic mass is 10.1. The minimum Gasteiger partial charge on any atom is -0.394 e. The average molecular weight is 436 g/mol. The van der Waals surface area contributed by atoms with Crippen LogP contribution in [0.5, 0.6) is 0 Å². The summed E-state index contributed by atoms with van der Waals surface area (Å²) in [7, 11) is -2.76. The monoisotopic (exact) mass is 435 g/mol. The molecule has 1 heterocycles. The third-order valence-corrected chi connectivity index (χ3v) is 5.57. The van der Waals surface area contributed by atoms with Crippen molar-refractivity contribution in [1.29, 1.82) is 4.78 Å². The number of aliphatic hydroxyl groups excluding tert-OH is 1. The maximum Gasteiger partial charge on any atom is 0.229 e. The third-order valence-electron chi connectivity index (χ3n) is 4.40. The standard InChI is InChI=1S/C23H25N5O2S/c1-16-4-6-18(7-5-16)8-9-19-14-25-23(28-22(19)26-17(2)15-29)27-20-10-12-21(13-11-20)31(3,24)30/h4-7,10-14,17,24,29H,15H2,1-3H3,(H2,25,26,27,28)/t17-,31?/m1/s1. The van der Waals surface area contributed by atoms with E-state index in [9.17, 15) is 9.32 Å². The van der Waals surface area contributed by atoms with Crippen molar-refractivity contribution >= 4 is 27.2 Å². The quantitative estimate of drug-likeness (QED) is 0.439. The summed E-state index contributed by atoms with van der Waals surface area (Å²) < 4.78 is 19.5. The molecule has 31 heavy (non-hydrogen) atoms. The Balaban J connectivity index is 1.87. The number of aromatic nitrogens is 2. The average Bonchev–Trinajstić information content (AvgIpc) is 2.74. The molecule has 3 rings (SSSR count). The third kappa shape index (κ3) is 6.28. The number of anilines is 3. The van der Waals surface area contributed by atoms with Crippen molar-refractivity contribution in [2.45, 2.75) is 24.8 Å². The van der Waals surface area contributed by atoms with Gasteiger partial charge in [-0.2, -0.15) is 4.98 Å². The lowest BCUT2D eigenvalue weighted by molar-refractivity contribution is 0.281. The highest BCUT2D eigenvalue weighted by molar-refractivity contribution is 7.91. The first-order chi connectivity index (χ1) is 14.7. The summed E-state index contributed by atoms with van der Waals surface area (Å²) in [6, 6.07) is 14.5. The van der Waals surface area contributed by atoms with Gasteiger partial charge in [-0.1, -0.05) is 29.5 Å². The normalized spacial score (nSPS) is 13.4. The van der Waals surface area contributed by atoms with E-state index < -0.39 is 9.73 Å².